The molecule has 10 heteroatoms. The van der Waals surface area contributed by atoms with Crippen LogP contribution in [0, 0.1) is 0 Å². The number of halogens is 3. The van der Waals surface area contributed by atoms with Crippen LogP contribution in [-0.2, 0) is 17.5 Å². The van der Waals surface area contributed by atoms with Gasteiger partial charge in [-0.25, -0.2) is 4.98 Å². The number of anilines is 1. The van der Waals surface area contributed by atoms with Gasteiger partial charge in [0.1, 0.15) is 30.2 Å². The van der Waals surface area contributed by atoms with Crippen LogP contribution >= 0.6 is 0 Å². The van der Waals surface area contributed by atoms with Gasteiger partial charge in [-0.1, -0.05) is 6.92 Å². The lowest BCUT2D eigenvalue weighted by atomic mass is 10.0. The van der Waals surface area contributed by atoms with Crippen molar-refractivity contribution in [3.05, 3.63) is 47.7 Å². The Bertz CT molecular complexity index is 920. The van der Waals surface area contributed by atoms with E-state index in [1.165, 1.54) is 28.7 Å². The van der Waals surface area contributed by atoms with Crippen LogP contribution in [0.1, 0.15) is 43.1 Å². The zero-order valence-electron chi connectivity index (χ0n) is 16.7. The molecule has 0 radical (unpaired) electrons. The molecule has 2 heterocycles. The zero-order chi connectivity index (χ0) is 22.1. The molecule has 30 heavy (non-hydrogen) atoms. The summed E-state index contributed by atoms with van der Waals surface area (Å²) >= 11 is -1.79. The minimum atomic E-state index is -4.47. The van der Waals surface area contributed by atoms with Crippen molar-refractivity contribution in [2.45, 2.75) is 43.8 Å². The Labute approximate surface area is 175 Å². The molecule has 0 spiro atoms. The summed E-state index contributed by atoms with van der Waals surface area (Å²) in [6.45, 7) is 6.18. The fraction of sp³-hybridized carbons (Fsp3) is 0.400. The van der Waals surface area contributed by atoms with Gasteiger partial charge in [-0.3, -0.25) is 4.79 Å². The second-order valence-electron chi connectivity index (χ2n) is 7.46. The molecule has 1 amide bonds. The highest BCUT2D eigenvalue weighted by Gasteiger charge is 2.34. The van der Waals surface area contributed by atoms with E-state index < -0.39 is 28.6 Å². The third-order valence-electron chi connectivity index (χ3n) is 4.82. The Hall–Kier alpha value is -2.46. The number of carbonyl (C=O) groups excluding carboxylic acids is 1. The Morgan fingerprint density at radius 2 is 1.97 bits per heavy atom. The Kier molecular flexibility index (Phi) is 6.19. The molecule has 6 nitrogen and oxygen atoms in total. The summed E-state index contributed by atoms with van der Waals surface area (Å²) in [6.07, 6.45) is -2.36. The highest BCUT2D eigenvalue weighted by atomic mass is 32.2. The number of pyridine rings is 1. The number of benzene rings is 1. The first-order chi connectivity index (χ1) is 14.0. The van der Waals surface area contributed by atoms with Crippen molar-refractivity contribution in [3.63, 3.8) is 0 Å². The minimum absolute atomic E-state index is 0.206. The number of carbonyl (C=O) groups is 1. The Balaban J connectivity index is 1.88. The standard InChI is InChI=1S/C20H22F3N3O3S/c1-4-19(2,3)25-17(27)13-11-16-18(24-12-13)29-10-9-26(16)30(28)15-7-5-14(6-8-15)20(21,22)23/h5-8,11-12H,4,9-10H2,1-3H3,(H,25,27). The van der Waals surface area contributed by atoms with Gasteiger partial charge in [0.25, 0.3) is 5.91 Å². The minimum Gasteiger partial charge on any atom is -0.588 e. The van der Waals surface area contributed by atoms with E-state index in [9.17, 15) is 22.5 Å². The van der Waals surface area contributed by atoms with E-state index in [2.05, 4.69) is 10.3 Å². The summed E-state index contributed by atoms with van der Waals surface area (Å²) in [7, 11) is 0. The smallest absolute Gasteiger partial charge is 0.416 e. The van der Waals surface area contributed by atoms with Crippen LogP contribution in [0.2, 0.25) is 0 Å². The molecular weight excluding hydrogens is 419 g/mol. The molecule has 1 aliphatic rings. The molecule has 1 aromatic carbocycles. The highest BCUT2D eigenvalue weighted by Crippen LogP contribution is 2.35. The van der Waals surface area contributed by atoms with E-state index in [0.29, 0.717) is 5.69 Å². The van der Waals surface area contributed by atoms with Gasteiger partial charge in [-0.2, -0.15) is 17.5 Å². The summed E-state index contributed by atoms with van der Waals surface area (Å²) < 4.78 is 58.4. The van der Waals surface area contributed by atoms with Crippen LogP contribution in [0.15, 0.2) is 41.4 Å². The SMILES string of the molecule is CCC(C)(C)NC(=O)c1cnc2c(c1)N([S+]([O-])c1ccc(C(F)(F)F)cc1)CCO2. The van der Waals surface area contributed by atoms with Crippen molar-refractivity contribution in [3.8, 4) is 5.88 Å². The number of hydrogen-bond donors (Lipinski definition) is 1. The molecule has 3 rings (SSSR count). The number of amides is 1. The van der Waals surface area contributed by atoms with Gasteiger partial charge in [-0.05, 0) is 50.6 Å². The van der Waals surface area contributed by atoms with Crippen molar-refractivity contribution in [1.29, 1.82) is 0 Å². The van der Waals surface area contributed by atoms with Crippen LogP contribution in [0.25, 0.3) is 0 Å². The molecule has 0 saturated heterocycles. The third kappa shape index (κ3) is 4.81. The van der Waals surface area contributed by atoms with Gasteiger partial charge in [0.2, 0.25) is 5.88 Å². The first-order valence-corrected chi connectivity index (χ1v) is 10.4. The molecule has 1 N–H and O–H groups in total. The quantitative estimate of drug-likeness (QED) is 0.712. The predicted molar refractivity (Wildman–Crippen MR) is 107 cm³/mol. The van der Waals surface area contributed by atoms with Crippen LogP contribution in [0.3, 0.4) is 0 Å². The second-order valence-corrected chi connectivity index (χ2v) is 8.87. The van der Waals surface area contributed by atoms with Crippen LogP contribution < -0.4 is 14.4 Å². The van der Waals surface area contributed by atoms with Crippen molar-refractivity contribution >= 4 is 23.0 Å². The van der Waals surface area contributed by atoms with Gasteiger partial charge in [0.15, 0.2) is 4.90 Å². The van der Waals surface area contributed by atoms with Crippen molar-refractivity contribution in [2.75, 3.05) is 17.5 Å². The van der Waals surface area contributed by atoms with E-state index >= 15 is 0 Å². The van der Waals surface area contributed by atoms with E-state index in [1.807, 2.05) is 20.8 Å². The normalized spacial score (nSPS) is 15.2. The average Bonchev–Trinajstić information content (AvgIpc) is 2.71. The van der Waals surface area contributed by atoms with Gasteiger partial charge < -0.3 is 14.6 Å². The van der Waals surface area contributed by atoms with Gasteiger partial charge >= 0.3 is 6.18 Å². The molecule has 0 aliphatic carbocycles. The number of aromatic nitrogens is 1. The Morgan fingerprint density at radius 3 is 2.57 bits per heavy atom. The number of fused-ring (bicyclic) bond motifs is 1. The maximum absolute atomic E-state index is 13.1. The Morgan fingerprint density at radius 1 is 1.30 bits per heavy atom. The van der Waals surface area contributed by atoms with Crippen molar-refractivity contribution < 1.29 is 27.3 Å². The van der Waals surface area contributed by atoms with Gasteiger partial charge in [-0.15, -0.1) is 0 Å². The summed E-state index contributed by atoms with van der Waals surface area (Å²) in [6, 6.07) is 5.68. The fourth-order valence-electron chi connectivity index (χ4n) is 2.73. The molecule has 0 fully saturated rings. The van der Waals surface area contributed by atoms with Crippen LogP contribution in [0.5, 0.6) is 5.88 Å². The second kappa shape index (κ2) is 8.35. The van der Waals surface area contributed by atoms with Crippen LogP contribution in [0.4, 0.5) is 18.9 Å². The fourth-order valence-corrected chi connectivity index (χ4v) is 3.90. The number of ether oxygens (including phenoxy) is 1. The maximum Gasteiger partial charge on any atom is 0.416 e. The predicted octanol–water partition coefficient (Wildman–Crippen LogP) is 3.94. The lowest BCUT2D eigenvalue weighted by molar-refractivity contribution is -0.137. The zero-order valence-corrected chi connectivity index (χ0v) is 17.6. The first-order valence-electron chi connectivity index (χ1n) is 9.34. The number of nitrogens with zero attached hydrogens (tertiary/aromatic N) is 2. The topological polar surface area (TPSA) is 77.5 Å². The maximum atomic E-state index is 13.1. The lowest BCUT2D eigenvalue weighted by Gasteiger charge is -2.30. The van der Waals surface area contributed by atoms with Gasteiger partial charge in [0, 0.05) is 11.7 Å². The van der Waals surface area contributed by atoms with E-state index in [1.54, 1.807) is 0 Å². The molecule has 162 valence electrons. The molecule has 1 aliphatic heterocycles. The third-order valence-corrected chi connectivity index (χ3v) is 6.27. The number of nitrogens with one attached hydrogen (secondary N) is 1. The molecule has 1 aromatic heterocycles. The molecular formula is C20H22F3N3O3S. The van der Waals surface area contributed by atoms with Gasteiger partial charge in [0.05, 0.1) is 11.1 Å². The molecule has 1 atom stereocenters. The van der Waals surface area contributed by atoms with E-state index in [4.69, 9.17) is 4.74 Å². The van der Waals surface area contributed by atoms with E-state index in [0.717, 1.165) is 18.6 Å². The number of alkyl halides is 3. The summed E-state index contributed by atoms with van der Waals surface area (Å²) in [5.74, 6) is -0.115. The number of rotatable bonds is 5. The largest absolute Gasteiger partial charge is 0.588 e. The molecule has 0 bridgehead atoms. The summed E-state index contributed by atoms with van der Waals surface area (Å²) in [4.78, 5) is 17.0. The molecule has 2 aromatic rings. The molecule has 1 unspecified atom stereocenters. The van der Waals surface area contributed by atoms with Crippen molar-refractivity contribution in [1.82, 2.24) is 10.3 Å². The van der Waals surface area contributed by atoms with Crippen molar-refractivity contribution in [2.24, 2.45) is 0 Å². The number of hydrogen-bond acceptors (Lipinski definition) is 5. The first kappa shape index (κ1) is 22.2. The molecule has 0 saturated carbocycles. The van der Waals surface area contributed by atoms with Crippen LogP contribution in [-0.4, -0.2) is 34.1 Å². The summed E-state index contributed by atoms with van der Waals surface area (Å²) in [5, 5.41) is 2.90. The summed E-state index contributed by atoms with van der Waals surface area (Å²) in [5.41, 5.74) is -0.604. The lowest BCUT2D eigenvalue weighted by Crippen LogP contribution is -2.43. The highest BCUT2D eigenvalue weighted by molar-refractivity contribution is 7.92. The van der Waals surface area contributed by atoms with E-state index in [-0.39, 0.29) is 35.4 Å². The monoisotopic (exact) mass is 441 g/mol. The average molecular weight is 441 g/mol.